The molecular formula is C14H18ClNO2. The van der Waals surface area contributed by atoms with Gasteiger partial charge in [0.05, 0.1) is 0 Å². The van der Waals surface area contributed by atoms with E-state index in [4.69, 9.17) is 16.3 Å². The molecule has 0 saturated carbocycles. The molecule has 0 aliphatic carbocycles. The maximum Gasteiger partial charge on any atom is 0.224 e. The van der Waals surface area contributed by atoms with Crippen molar-refractivity contribution in [3.05, 3.63) is 28.8 Å². The zero-order valence-electron chi connectivity index (χ0n) is 10.5. The molecule has 0 atom stereocenters. The van der Waals surface area contributed by atoms with Crippen molar-refractivity contribution in [2.75, 3.05) is 18.5 Å². The summed E-state index contributed by atoms with van der Waals surface area (Å²) in [5.41, 5.74) is 1.78. The predicted molar refractivity (Wildman–Crippen MR) is 73.0 cm³/mol. The van der Waals surface area contributed by atoms with Gasteiger partial charge in [-0.05, 0) is 43.4 Å². The number of hydrogen-bond acceptors (Lipinski definition) is 2. The number of nitrogens with one attached hydrogen (secondary N) is 1. The van der Waals surface area contributed by atoms with Gasteiger partial charge >= 0.3 is 0 Å². The molecule has 1 saturated heterocycles. The SMILES string of the molecule is Cc1ccc(NC(=O)CC2CCOCC2)cc1Cl. The molecule has 4 heteroatoms. The first-order chi connectivity index (χ1) is 8.65. The van der Waals surface area contributed by atoms with Crippen LogP contribution >= 0.6 is 11.6 Å². The lowest BCUT2D eigenvalue weighted by Crippen LogP contribution is -2.22. The van der Waals surface area contributed by atoms with Crippen molar-refractivity contribution in [3.63, 3.8) is 0 Å². The highest BCUT2D eigenvalue weighted by Gasteiger charge is 2.17. The Labute approximate surface area is 112 Å². The van der Waals surface area contributed by atoms with Crippen LogP contribution in [0.25, 0.3) is 0 Å². The Balaban J connectivity index is 1.88. The van der Waals surface area contributed by atoms with Gasteiger partial charge < -0.3 is 10.1 Å². The lowest BCUT2D eigenvalue weighted by atomic mass is 9.96. The Kier molecular flexibility index (Phi) is 4.61. The van der Waals surface area contributed by atoms with Crippen molar-refractivity contribution in [3.8, 4) is 0 Å². The number of halogens is 1. The average Bonchev–Trinajstić information content (AvgIpc) is 2.35. The highest BCUT2D eigenvalue weighted by molar-refractivity contribution is 6.31. The van der Waals surface area contributed by atoms with E-state index < -0.39 is 0 Å². The van der Waals surface area contributed by atoms with Crippen LogP contribution in [0.3, 0.4) is 0 Å². The minimum absolute atomic E-state index is 0.0572. The van der Waals surface area contributed by atoms with Crippen molar-refractivity contribution < 1.29 is 9.53 Å². The standard InChI is InChI=1S/C14H18ClNO2/c1-10-2-3-12(9-13(10)15)16-14(17)8-11-4-6-18-7-5-11/h2-3,9,11H,4-8H2,1H3,(H,16,17). The minimum Gasteiger partial charge on any atom is -0.381 e. The van der Waals surface area contributed by atoms with E-state index in [1.807, 2.05) is 19.1 Å². The summed E-state index contributed by atoms with van der Waals surface area (Å²) in [7, 11) is 0. The number of anilines is 1. The molecule has 1 fully saturated rings. The minimum atomic E-state index is 0.0572. The normalized spacial score (nSPS) is 16.6. The topological polar surface area (TPSA) is 38.3 Å². The molecule has 0 aromatic heterocycles. The number of hydrogen-bond donors (Lipinski definition) is 1. The van der Waals surface area contributed by atoms with E-state index in [2.05, 4.69) is 5.32 Å². The predicted octanol–water partition coefficient (Wildman–Crippen LogP) is 3.40. The van der Waals surface area contributed by atoms with Crippen LogP contribution in [0.5, 0.6) is 0 Å². The molecule has 1 heterocycles. The summed E-state index contributed by atoms with van der Waals surface area (Å²) >= 11 is 6.02. The van der Waals surface area contributed by atoms with Crippen LogP contribution in [0.2, 0.25) is 5.02 Å². The van der Waals surface area contributed by atoms with Crippen LogP contribution in [0.1, 0.15) is 24.8 Å². The van der Waals surface area contributed by atoms with Crippen LogP contribution in [0, 0.1) is 12.8 Å². The molecule has 2 rings (SSSR count). The second-order valence-corrected chi connectivity index (χ2v) is 5.18. The Hall–Kier alpha value is -1.06. The fourth-order valence-corrected chi connectivity index (χ4v) is 2.28. The van der Waals surface area contributed by atoms with Gasteiger partial charge in [0, 0.05) is 30.3 Å². The number of carbonyl (C=O) groups excluding carboxylic acids is 1. The largest absolute Gasteiger partial charge is 0.381 e. The number of ether oxygens (including phenoxy) is 1. The molecule has 0 unspecified atom stereocenters. The fourth-order valence-electron chi connectivity index (χ4n) is 2.10. The second-order valence-electron chi connectivity index (χ2n) is 4.77. The van der Waals surface area contributed by atoms with Crippen molar-refractivity contribution in [1.29, 1.82) is 0 Å². The molecule has 1 aromatic rings. The number of rotatable bonds is 3. The molecule has 98 valence electrons. The molecule has 1 amide bonds. The van der Waals surface area contributed by atoms with Crippen molar-refractivity contribution in [2.24, 2.45) is 5.92 Å². The lowest BCUT2D eigenvalue weighted by molar-refractivity contribution is -0.117. The smallest absolute Gasteiger partial charge is 0.224 e. The van der Waals surface area contributed by atoms with Gasteiger partial charge in [-0.3, -0.25) is 4.79 Å². The molecule has 1 aromatic carbocycles. The molecule has 0 bridgehead atoms. The van der Waals surface area contributed by atoms with Crippen molar-refractivity contribution in [1.82, 2.24) is 0 Å². The maximum atomic E-state index is 11.9. The third kappa shape index (κ3) is 3.72. The Morgan fingerprint density at radius 2 is 2.17 bits per heavy atom. The molecule has 1 N–H and O–H groups in total. The van der Waals surface area contributed by atoms with Crippen molar-refractivity contribution in [2.45, 2.75) is 26.2 Å². The van der Waals surface area contributed by atoms with E-state index in [0.29, 0.717) is 17.4 Å². The fraction of sp³-hybridized carbons (Fsp3) is 0.500. The highest BCUT2D eigenvalue weighted by Crippen LogP contribution is 2.22. The van der Waals surface area contributed by atoms with E-state index in [0.717, 1.165) is 37.3 Å². The summed E-state index contributed by atoms with van der Waals surface area (Å²) in [4.78, 5) is 11.9. The van der Waals surface area contributed by atoms with Gasteiger partial charge in [0.2, 0.25) is 5.91 Å². The van der Waals surface area contributed by atoms with Gasteiger partial charge in [-0.2, -0.15) is 0 Å². The Morgan fingerprint density at radius 1 is 1.44 bits per heavy atom. The van der Waals surface area contributed by atoms with Gasteiger partial charge in [0.15, 0.2) is 0 Å². The third-order valence-electron chi connectivity index (χ3n) is 3.27. The van der Waals surface area contributed by atoms with Crippen LogP contribution in [0.15, 0.2) is 18.2 Å². The molecule has 3 nitrogen and oxygen atoms in total. The average molecular weight is 268 g/mol. The van der Waals surface area contributed by atoms with E-state index in [9.17, 15) is 4.79 Å². The first kappa shape index (κ1) is 13.4. The number of aryl methyl sites for hydroxylation is 1. The number of carbonyl (C=O) groups is 1. The Bertz CT molecular complexity index is 428. The molecule has 0 radical (unpaired) electrons. The van der Waals surface area contributed by atoms with Gasteiger partial charge in [0.1, 0.15) is 0 Å². The van der Waals surface area contributed by atoms with Crippen LogP contribution in [-0.2, 0) is 9.53 Å². The van der Waals surface area contributed by atoms with Crippen LogP contribution < -0.4 is 5.32 Å². The van der Waals surface area contributed by atoms with Crippen molar-refractivity contribution >= 4 is 23.2 Å². The zero-order valence-corrected chi connectivity index (χ0v) is 11.3. The number of benzene rings is 1. The van der Waals surface area contributed by atoms with E-state index in [1.54, 1.807) is 6.07 Å². The summed E-state index contributed by atoms with van der Waals surface area (Å²) in [5, 5.41) is 3.57. The van der Waals surface area contributed by atoms with Gasteiger partial charge in [-0.1, -0.05) is 17.7 Å². The molecule has 18 heavy (non-hydrogen) atoms. The Morgan fingerprint density at radius 3 is 2.83 bits per heavy atom. The zero-order chi connectivity index (χ0) is 13.0. The third-order valence-corrected chi connectivity index (χ3v) is 3.68. The second kappa shape index (κ2) is 6.21. The summed E-state index contributed by atoms with van der Waals surface area (Å²) in [5.74, 6) is 0.501. The van der Waals surface area contributed by atoms with Gasteiger partial charge in [0.25, 0.3) is 0 Å². The van der Waals surface area contributed by atoms with E-state index in [-0.39, 0.29) is 5.91 Å². The molecule has 1 aliphatic heterocycles. The summed E-state index contributed by atoms with van der Waals surface area (Å²) in [6.07, 6.45) is 2.51. The molecule has 1 aliphatic rings. The first-order valence-corrected chi connectivity index (χ1v) is 6.66. The molecule has 0 spiro atoms. The lowest BCUT2D eigenvalue weighted by Gasteiger charge is -2.21. The van der Waals surface area contributed by atoms with Gasteiger partial charge in [-0.25, -0.2) is 0 Å². The quantitative estimate of drug-likeness (QED) is 0.911. The monoisotopic (exact) mass is 267 g/mol. The van der Waals surface area contributed by atoms with Crippen LogP contribution in [0.4, 0.5) is 5.69 Å². The highest BCUT2D eigenvalue weighted by atomic mass is 35.5. The van der Waals surface area contributed by atoms with Crippen LogP contribution in [-0.4, -0.2) is 19.1 Å². The first-order valence-electron chi connectivity index (χ1n) is 6.29. The summed E-state index contributed by atoms with van der Waals surface area (Å²) < 4.78 is 5.28. The summed E-state index contributed by atoms with van der Waals surface area (Å²) in [6, 6.07) is 5.58. The van der Waals surface area contributed by atoms with E-state index >= 15 is 0 Å². The number of amides is 1. The maximum absolute atomic E-state index is 11.9. The van der Waals surface area contributed by atoms with E-state index in [1.165, 1.54) is 0 Å². The van der Waals surface area contributed by atoms with Gasteiger partial charge in [-0.15, -0.1) is 0 Å². The summed E-state index contributed by atoms with van der Waals surface area (Å²) in [6.45, 7) is 3.48. The molecular weight excluding hydrogens is 250 g/mol.